The molecule has 2 rings (SSSR count). The smallest absolute Gasteiger partial charge is 0.124 e. The van der Waals surface area contributed by atoms with Gasteiger partial charge in [0.2, 0.25) is 0 Å². The van der Waals surface area contributed by atoms with Crippen LogP contribution in [-0.4, -0.2) is 12.6 Å². The summed E-state index contributed by atoms with van der Waals surface area (Å²) in [5.41, 5.74) is 1.28. The van der Waals surface area contributed by atoms with Gasteiger partial charge < -0.3 is 10.1 Å². The first-order valence-electron chi connectivity index (χ1n) is 8.09. The third-order valence-electron chi connectivity index (χ3n) is 4.77. The Balaban J connectivity index is 1.99. The minimum atomic E-state index is 0.350. The van der Waals surface area contributed by atoms with E-state index in [-0.39, 0.29) is 0 Å². The van der Waals surface area contributed by atoms with Crippen LogP contribution in [0.15, 0.2) is 24.3 Å². The lowest BCUT2D eigenvalue weighted by atomic mass is 9.79. The molecule has 4 atom stereocenters. The maximum Gasteiger partial charge on any atom is 0.124 e. The van der Waals surface area contributed by atoms with E-state index >= 15 is 0 Å². The van der Waals surface area contributed by atoms with E-state index < -0.39 is 0 Å². The van der Waals surface area contributed by atoms with Gasteiger partial charge in [-0.3, -0.25) is 0 Å². The summed E-state index contributed by atoms with van der Waals surface area (Å²) in [5, 5.41) is 3.80. The fraction of sp³-hybridized carbons (Fsp3) is 0.667. The number of benzene rings is 1. The third-order valence-corrected chi connectivity index (χ3v) is 4.77. The average Bonchev–Trinajstić information content (AvgIpc) is 2.44. The van der Waals surface area contributed by atoms with Crippen molar-refractivity contribution >= 4 is 0 Å². The third kappa shape index (κ3) is 3.76. The normalized spacial score (nSPS) is 28.1. The number of nitrogens with one attached hydrogen (secondary N) is 1. The number of rotatable bonds is 5. The molecule has 112 valence electrons. The molecule has 2 nitrogen and oxygen atoms in total. The quantitative estimate of drug-likeness (QED) is 0.850. The Hall–Kier alpha value is -1.02. The van der Waals surface area contributed by atoms with Crippen molar-refractivity contribution in [2.24, 2.45) is 11.8 Å². The molecule has 0 saturated heterocycles. The molecular formula is C18H29NO. The molecule has 0 aliphatic heterocycles. The van der Waals surface area contributed by atoms with Crippen LogP contribution in [0.1, 0.15) is 58.6 Å². The summed E-state index contributed by atoms with van der Waals surface area (Å²) in [5.74, 6) is 2.72. The lowest BCUT2D eigenvalue weighted by Gasteiger charge is -2.34. The fourth-order valence-corrected chi connectivity index (χ4v) is 3.27. The molecule has 0 bridgehead atoms. The molecule has 1 saturated carbocycles. The molecule has 0 aromatic heterocycles. The van der Waals surface area contributed by atoms with Gasteiger partial charge in [0.05, 0.1) is 6.61 Å². The summed E-state index contributed by atoms with van der Waals surface area (Å²) in [7, 11) is 0. The Kier molecular flexibility index (Phi) is 5.47. The van der Waals surface area contributed by atoms with Crippen molar-refractivity contribution in [2.75, 3.05) is 6.61 Å². The molecule has 1 N–H and O–H groups in total. The van der Waals surface area contributed by atoms with Gasteiger partial charge in [-0.25, -0.2) is 0 Å². The monoisotopic (exact) mass is 275 g/mol. The van der Waals surface area contributed by atoms with Gasteiger partial charge in [0.1, 0.15) is 5.75 Å². The predicted molar refractivity (Wildman–Crippen MR) is 85.1 cm³/mol. The summed E-state index contributed by atoms with van der Waals surface area (Å²) in [6.45, 7) is 9.79. The van der Waals surface area contributed by atoms with Crippen molar-refractivity contribution in [1.29, 1.82) is 0 Å². The summed E-state index contributed by atoms with van der Waals surface area (Å²) in [4.78, 5) is 0. The fourth-order valence-electron chi connectivity index (χ4n) is 3.27. The Morgan fingerprint density at radius 2 is 1.95 bits per heavy atom. The molecule has 0 amide bonds. The zero-order valence-electron chi connectivity index (χ0n) is 13.4. The second kappa shape index (κ2) is 7.12. The van der Waals surface area contributed by atoms with Gasteiger partial charge in [-0.15, -0.1) is 0 Å². The largest absolute Gasteiger partial charge is 0.494 e. The van der Waals surface area contributed by atoms with Gasteiger partial charge >= 0.3 is 0 Å². The minimum absolute atomic E-state index is 0.350. The van der Waals surface area contributed by atoms with Crippen molar-refractivity contribution in [3.8, 4) is 5.75 Å². The van der Waals surface area contributed by atoms with Crippen molar-refractivity contribution < 1.29 is 4.74 Å². The van der Waals surface area contributed by atoms with E-state index in [0.717, 1.165) is 24.2 Å². The lowest BCUT2D eigenvalue weighted by Crippen LogP contribution is -2.37. The molecular weight excluding hydrogens is 246 g/mol. The number of para-hydroxylation sites is 1. The van der Waals surface area contributed by atoms with Gasteiger partial charge in [-0.05, 0) is 51.0 Å². The van der Waals surface area contributed by atoms with Crippen molar-refractivity contribution in [1.82, 2.24) is 5.32 Å². The van der Waals surface area contributed by atoms with Crippen molar-refractivity contribution in [3.63, 3.8) is 0 Å². The van der Waals surface area contributed by atoms with Crippen LogP contribution in [0.3, 0.4) is 0 Å². The highest BCUT2D eigenvalue weighted by Crippen LogP contribution is 2.32. The number of ether oxygens (including phenoxy) is 1. The first-order chi connectivity index (χ1) is 9.61. The molecule has 1 fully saturated rings. The zero-order valence-corrected chi connectivity index (χ0v) is 13.4. The maximum absolute atomic E-state index is 5.75. The molecule has 1 aliphatic rings. The molecule has 4 unspecified atom stereocenters. The molecule has 1 aliphatic carbocycles. The highest BCUT2D eigenvalue weighted by Gasteiger charge is 2.26. The Morgan fingerprint density at radius 3 is 2.65 bits per heavy atom. The first-order valence-corrected chi connectivity index (χ1v) is 8.09. The van der Waals surface area contributed by atoms with Gasteiger partial charge in [0.25, 0.3) is 0 Å². The van der Waals surface area contributed by atoms with E-state index in [9.17, 15) is 0 Å². The minimum Gasteiger partial charge on any atom is -0.494 e. The molecule has 2 heteroatoms. The maximum atomic E-state index is 5.75. The molecule has 20 heavy (non-hydrogen) atoms. The predicted octanol–water partition coefficient (Wildman–Crippen LogP) is 4.56. The first kappa shape index (κ1) is 15.4. The molecule has 1 aromatic rings. The summed E-state index contributed by atoms with van der Waals surface area (Å²) >= 11 is 0. The van der Waals surface area contributed by atoms with Crippen LogP contribution in [0, 0.1) is 11.8 Å². The van der Waals surface area contributed by atoms with E-state index in [4.69, 9.17) is 4.74 Å². The summed E-state index contributed by atoms with van der Waals surface area (Å²) in [6.07, 6.45) is 3.94. The van der Waals surface area contributed by atoms with Crippen LogP contribution >= 0.6 is 0 Å². The van der Waals surface area contributed by atoms with Crippen molar-refractivity contribution in [2.45, 2.75) is 59.0 Å². The van der Waals surface area contributed by atoms with Crippen LogP contribution in [0.5, 0.6) is 5.75 Å². The highest BCUT2D eigenvalue weighted by molar-refractivity contribution is 5.35. The Labute approximate surface area is 123 Å². The lowest BCUT2D eigenvalue weighted by molar-refractivity contribution is 0.216. The second-order valence-corrected chi connectivity index (χ2v) is 6.32. The van der Waals surface area contributed by atoms with E-state index in [0.29, 0.717) is 12.1 Å². The highest BCUT2D eigenvalue weighted by atomic mass is 16.5. The molecule has 0 radical (unpaired) electrons. The Bertz CT molecular complexity index is 418. The van der Waals surface area contributed by atoms with E-state index in [1.807, 2.05) is 13.0 Å². The number of hydrogen-bond donors (Lipinski definition) is 1. The van der Waals surface area contributed by atoms with Crippen molar-refractivity contribution in [3.05, 3.63) is 29.8 Å². The van der Waals surface area contributed by atoms with Crippen LogP contribution in [-0.2, 0) is 0 Å². The second-order valence-electron chi connectivity index (χ2n) is 6.32. The summed E-state index contributed by atoms with van der Waals surface area (Å²) < 4.78 is 5.75. The average molecular weight is 275 g/mol. The van der Waals surface area contributed by atoms with E-state index in [2.05, 4.69) is 44.3 Å². The van der Waals surface area contributed by atoms with Crippen LogP contribution in [0.4, 0.5) is 0 Å². The standard InChI is InChI=1S/C18H29NO/c1-5-20-18-9-7-6-8-17(18)15(4)19-16-11-10-13(2)14(3)12-16/h6-9,13-16,19H,5,10-12H2,1-4H3. The van der Waals surface area contributed by atoms with Gasteiger partial charge in [-0.1, -0.05) is 32.0 Å². The molecule has 1 aromatic carbocycles. The Morgan fingerprint density at radius 1 is 1.20 bits per heavy atom. The van der Waals surface area contributed by atoms with Gasteiger partial charge in [0.15, 0.2) is 0 Å². The number of hydrogen-bond acceptors (Lipinski definition) is 2. The van der Waals surface area contributed by atoms with Crippen LogP contribution < -0.4 is 10.1 Å². The van der Waals surface area contributed by atoms with Crippen LogP contribution in [0.25, 0.3) is 0 Å². The molecule has 0 spiro atoms. The van der Waals surface area contributed by atoms with Gasteiger partial charge in [-0.2, -0.15) is 0 Å². The van der Waals surface area contributed by atoms with Gasteiger partial charge in [0, 0.05) is 17.6 Å². The SMILES string of the molecule is CCOc1ccccc1C(C)NC1CCC(C)C(C)C1. The summed E-state index contributed by atoms with van der Waals surface area (Å²) in [6, 6.07) is 9.39. The zero-order chi connectivity index (χ0) is 14.5. The molecule has 0 heterocycles. The van der Waals surface area contributed by atoms with Crippen LogP contribution in [0.2, 0.25) is 0 Å². The topological polar surface area (TPSA) is 21.3 Å². The van der Waals surface area contributed by atoms with E-state index in [1.54, 1.807) is 0 Å². The van der Waals surface area contributed by atoms with E-state index in [1.165, 1.54) is 24.8 Å².